The summed E-state index contributed by atoms with van der Waals surface area (Å²) < 4.78 is 16.5. The monoisotopic (exact) mass is 303 g/mol. The van der Waals surface area contributed by atoms with E-state index in [2.05, 4.69) is 10.1 Å². The average Bonchev–Trinajstić information content (AvgIpc) is 2.97. The zero-order chi connectivity index (χ0) is 15.6. The molecule has 0 amide bonds. The van der Waals surface area contributed by atoms with E-state index in [9.17, 15) is 0 Å². The SMILES string of the molecule is CCOc1ccc(-c2nc(C3(N)CCC3)no2)cc1OCC. The fraction of sp³-hybridized carbons (Fsp3) is 0.500. The van der Waals surface area contributed by atoms with Crippen LogP contribution in [0.15, 0.2) is 22.7 Å². The van der Waals surface area contributed by atoms with Crippen LogP contribution in [0.2, 0.25) is 0 Å². The molecule has 0 bridgehead atoms. The van der Waals surface area contributed by atoms with Crippen LogP contribution in [0.3, 0.4) is 0 Å². The van der Waals surface area contributed by atoms with Crippen LogP contribution in [0.5, 0.6) is 11.5 Å². The fourth-order valence-corrected chi connectivity index (χ4v) is 2.51. The first-order chi connectivity index (χ1) is 10.7. The Hall–Kier alpha value is -2.08. The van der Waals surface area contributed by atoms with Gasteiger partial charge in [0.05, 0.1) is 18.8 Å². The topological polar surface area (TPSA) is 83.4 Å². The van der Waals surface area contributed by atoms with Crippen LogP contribution < -0.4 is 15.2 Å². The third-order valence-electron chi connectivity index (χ3n) is 3.91. The van der Waals surface area contributed by atoms with Crippen LogP contribution in [-0.4, -0.2) is 23.4 Å². The molecule has 2 aromatic rings. The second-order valence-electron chi connectivity index (χ2n) is 5.46. The van der Waals surface area contributed by atoms with Gasteiger partial charge in [-0.15, -0.1) is 0 Å². The van der Waals surface area contributed by atoms with Crippen molar-refractivity contribution in [3.8, 4) is 23.0 Å². The number of ether oxygens (including phenoxy) is 2. The minimum Gasteiger partial charge on any atom is -0.490 e. The Kier molecular flexibility index (Phi) is 4.02. The van der Waals surface area contributed by atoms with Crippen LogP contribution in [0, 0.1) is 0 Å². The molecule has 1 aromatic carbocycles. The van der Waals surface area contributed by atoms with E-state index in [1.165, 1.54) is 0 Å². The van der Waals surface area contributed by atoms with Crippen LogP contribution in [0.1, 0.15) is 38.9 Å². The van der Waals surface area contributed by atoms with Crippen molar-refractivity contribution in [2.75, 3.05) is 13.2 Å². The summed E-state index contributed by atoms with van der Waals surface area (Å²) in [6, 6.07) is 5.60. The van der Waals surface area contributed by atoms with E-state index >= 15 is 0 Å². The van der Waals surface area contributed by atoms with Gasteiger partial charge in [-0.1, -0.05) is 5.16 Å². The lowest BCUT2D eigenvalue weighted by Gasteiger charge is -2.34. The second-order valence-corrected chi connectivity index (χ2v) is 5.46. The number of hydrogen-bond acceptors (Lipinski definition) is 6. The lowest BCUT2D eigenvalue weighted by molar-refractivity contribution is 0.229. The van der Waals surface area contributed by atoms with Gasteiger partial charge in [-0.3, -0.25) is 0 Å². The molecule has 0 radical (unpaired) electrons. The molecule has 0 saturated heterocycles. The molecule has 2 N–H and O–H groups in total. The van der Waals surface area contributed by atoms with E-state index in [-0.39, 0.29) is 0 Å². The van der Waals surface area contributed by atoms with E-state index < -0.39 is 5.54 Å². The normalized spacial score (nSPS) is 16.1. The van der Waals surface area contributed by atoms with E-state index in [0.717, 1.165) is 24.8 Å². The molecule has 0 spiro atoms. The maximum atomic E-state index is 6.23. The van der Waals surface area contributed by atoms with Crippen LogP contribution in [-0.2, 0) is 5.54 Å². The number of benzene rings is 1. The highest BCUT2D eigenvalue weighted by atomic mass is 16.5. The third-order valence-corrected chi connectivity index (χ3v) is 3.91. The minimum atomic E-state index is -0.421. The van der Waals surface area contributed by atoms with Gasteiger partial charge in [0, 0.05) is 5.56 Å². The van der Waals surface area contributed by atoms with Crippen LogP contribution in [0.25, 0.3) is 11.5 Å². The van der Waals surface area contributed by atoms with Crippen molar-refractivity contribution in [3.05, 3.63) is 24.0 Å². The lowest BCUT2D eigenvalue weighted by Crippen LogP contribution is -2.44. The van der Waals surface area contributed by atoms with Gasteiger partial charge in [0.25, 0.3) is 5.89 Å². The summed E-state index contributed by atoms with van der Waals surface area (Å²) in [4.78, 5) is 4.45. The van der Waals surface area contributed by atoms with Gasteiger partial charge in [-0.25, -0.2) is 0 Å². The first kappa shape index (κ1) is 14.8. The van der Waals surface area contributed by atoms with Gasteiger partial charge >= 0.3 is 0 Å². The van der Waals surface area contributed by atoms with Crippen molar-refractivity contribution < 1.29 is 14.0 Å². The molecular weight excluding hydrogens is 282 g/mol. The molecule has 6 heteroatoms. The Balaban J connectivity index is 1.89. The Morgan fingerprint density at radius 1 is 1.18 bits per heavy atom. The molecule has 22 heavy (non-hydrogen) atoms. The quantitative estimate of drug-likeness (QED) is 0.883. The van der Waals surface area contributed by atoms with Gasteiger partial charge < -0.3 is 19.7 Å². The Labute approximate surface area is 129 Å². The van der Waals surface area contributed by atoms with Crippen molar-refractivity contribution in [2.24, 2.45) is 5.73 Å². The Morgan fingerprint density at radius 2 is 1.91 bits per heavy atom. The highest BCUT2D eigenvalue weighted by Gasteiger charge is 2.39. The number of rotatable bonds is 6. The first-order valence-corrected chi connectivity index (χ1v) is 7.69. The van der Waals surface area contributed by atoms with Gasteiger partial charge in [0.2, 0.25) is 0 Å². The van der Waals surface area contributed by atoms with Crippen molar-refractivity contribution in [3.63, 3.8) is 0 Å². The molecule has 3 rings (SSSR count). The third kappa shape index (κ3) is 2.66. The molecule has 1 heterocycles. The molecule has 1 aliphatic carbocycles. The molecule has 0 unspecified atom stereocenters. The predicted molar refractivity (Wildman–Crippen MR) is 81.8 cm³/mol. The highest BCUT2D eigenvalue weighted by molar-refractivity contribution is 5.59. The Morgan fingerprint density at radius 3 is 2.55 bits per heavy atom. The van der Waals surface area contributed by atoms with Crippen molar-refractivity contribution in [1.29, 1.82) is 0 Å². The summed E-state index contributed by atoms with van der Waals surface area (Å²) in [5, 5.41) is 4.04. The van der Waals surface area contributed by atoms with E-state index in [1.807, 2.05) is 32.0 Å². The van der Waals surface area contributed by atoms with Gasteiger partial charge in [-0.2, -0.15) is 4.98 Å². The standard InChI is InChI=1S/C16H21N3O3/c1-3-20-12-7-6-11(10-13(12)21-4-2)14-18-15(19-22-14)16(17)8-5-9-16/h6-7,10H,3-5,8-9,17H2,1-2H3. The molecule has 1 fully saturated rings. The van der Waals surface area contributed by atoms with Crippen molar-refractivity contribution in [2.45, 2.75) is 38.6 Å². The molecular formula is C16H21N3O3. The predicted octanol–water partition coefficient (Wildman–Crippen LogP) is 2.87. The van der Waals surface area contributed by atoms with E-state index in [1.54, 1.807) is 0 Å². The zero-order valence-corrected chi connectivity index (χ0v) is 13.0. The van der Waals surface area contributed by atoms with Gasteiger partial charge in [0.1, 0.15) is 0 Å². The van der Waals surface area contributed by atoms with Crippen molar-refractivity contribution in [1.82, 2.24) is 10.1 Å². The molecule has 118 valence electrons. The zero-order valence-electron chi connectivity index (χ0n) is 13.0. The summed E-state index contributed by atoms with van der Waals surface area (Å²) in [5.41, 5.74) is 6.61. The summed E-state index contributed by atoms with van der Waals surface area (Å²) in [7, 11) is 0. The number of nitrogens with zero attached hydrogens (tertiary/aromatic N) is 2. The maximum Gasteiger partial charge on any atom is 0.258 e. The number of nitrogens with two attached hydrogens (primary N) is 1. The number of aromatic nitrogens is 2. The minimum absolute atomic E-state index is 0.421. The summed E-state index contributed by atoms with van der Waals surface area (Å²) in [6.45, 7) is 5.01. The molecule has 1 aromatic heterocycles. The lowest BCUT2D eigenvalue weighted by atomic mass is 9.77. The van der Waals surface area contributed by atoms with Crippen LogP contribution in [0.4, 0.5) is 0 Å². The molecule has 6 nitrogen and oxygen atoms in total. The second kappa shape index (κ2) is 5.96. The maximum absolute atomic E-state index is 6.23. The number of hydrogen-bond donors (Lipinski definition) is 1. The van der Waals surface area contributed by atoms with Gasteiger partial charge in [-0.05, 0) is 51.3 Å². The first-order valence-electron chi connectivity index (χ1n) is 7.69. The summed E-state index contributed by atoms with van der Waals surface area (Å²) in [5.74, 6) is 2.42. The summed E-state index contributed by atoms with van der Waals surface area (Å²) >= 11 is 0. The molecule has 0 aliphatic heterocycles. The molecule has 1 aliphatic rings. The van der Waals surface area contributed by atoms with E-state index in [4.69, 9.17) is 19.7 Å². The molecule has 1 saturated carbocycles. The van der Waals surface area contributed by atoms with Crippen molar-refractivity contribution >= 4 is 0 Å². The highest BCUT2D eigenvalue weighted by Crippen LogP contribution is 2.38. The fourth-order valence-electron chi connectivity index (χ4n) is 2.51. The van der Waals surface area contributed by atoms with Crippen LogP contribution >= 0.6 is 0 Å². The molecule has 0 atom stereocenters. The summed E-state index contributed by atoms with van der Waals surface area (Å²) in [6.07, 6.45) is 2.91. The Bertz CT molecular complexity index is 650. The largest absolute Gasteiger partial charge is 0.490 e. The smallest absolute Gasteiger partial charge is 0.258 e. The average molecular weight is 303 g/mol. The van der Waals surface area contributed by atoms with Gasteiger partial charge in [0.15, 0.2) is 17.3 Å². The van der Waals surface area contributed by atoms with E-state index in [0.29, 0.717) is 36.4 Å².